The molecule has 0 bridgehead atoms. The number of para-hydroxylation sites is 1. The normalized spacial score (nSPS) is 17.4. The lowest BCUT2D eigenvalue weighted by Crippen LogP contribution is -2.32. The summed E-state index contributed by atoms with van der Waals surface area (Å²) < 4.78 is 5.21. The van der Waals surface area contributed by atoms with E-state index >= 15 is 0 Å². The van der Waals surface area contributed by atoms with Crippen LogP contribution in [0.1, 0.15) is 32.4 Å². The van der Waals surface area contributed by atoms with Crippen LogP contribution in [0.5, 0.6) is 5.75 Å². The van der Waals surface area contributed by atoms with Crippen molar-refractivity contribution in [1.82, 2.24) is 0 Å². The zero-order valence-corrected chi connectivity index (χ0v) is 15.9. The first-order valence-electron chi connectivity index (χ1n) is 8.76. The highest BCUT2D eigenvalue weighted by molar-refractivity contribution is 6.17. The smallest absolute Gasteiger partial charge is 0.294 e. The van der Waals surface area contributed by atoms with Gasteiger partial charge in [-0.1, -0.05) is 51.1 Å². The van der Waals surface area contributed by atoms with Crippen LogP contribution in [-0.4, -0.2) is 23.9 Å². The lowest BCUT2D eigenvalue weighted by molar-refractivity contribution is -0.123. The molecule has 0 saturated carbocycles. The molecule has 2 aromatic rings. The molecule has 27 heavy (non-hydrogen) atoms. The summed E-state index contributed by atoms with van der Waals surface area (Å²) in [5.41, 5.74) is 0.735. The zero-order valence-electron chi connectivity index (χ0n) is 15.9. The van der Waals surface area contributed by atoms with Gasteiger partial charge in [-0.3, -0.25) is 14.5 Å². The lowest BCUT2D eigenvalue weighted by Gasteiger charge is -2.29. The largest absolute Gasteiger partial charge is 0.503 e. The highest BCUT2D eigenvalue weighted by Crippen LogP contribution is 2.43. The van der Waals surface area contributed by atoms with E-state index in [1.165, 1.54) is 4.90 Å². The van der Waals surface area contributed by atoms with Gasteiger partial charge in [0.2, 0.25) is 0 Å². The first kappa shape index (κ1) is 18.7. The van der Waals surface area contributed by atoms with Crippen LogP contribution >= 0.6 is 0 Å². The molecule has 1 heterocycles. The van der Waals surface area contributed by atoms with E-state index in [0.29, 0.717) is 11.4 Å². The van der Waals surface area contributed by atoms with Crippen molar-refractivity contribution < 1.29 is 19.4 Å². The molecule has 5 heteroatoms. The van der Waals surface area contributed by atoms with Gasteiger partial charge in [0.1, 0.15) is 5.75 Å². The summed E-state index contributed by atoms with van der Waals surface area (Å²) in [6, 6.07) is 15.5. The molecule has 3 rings (SSSR count). The van der Waals surface area contributed by atoms with Gasteiger partial charge in [-0.25, -0.2) is 0 Å². The molecule has 140 valence electrons. The van der Waals surface area contributed by atoms with Crippen molar-refractivity contribution in [3.63, 3.8) is 0 Å². The molecule has 1 N–H and O–H groups in total. The Kier molecular flexibility index (Phi) is 4.79. The second-order valence-electron chi connectivity index (χ2n) is 7.53. The number of carbonyl (C=O) groups excluding carboxylic acids is 2. The van der Waals surface area contributed by atoms with Crippen molar-refractivity contribution in [1.29, 1.82) is 0 Å². The number of rotatable bonds is 4. The third kappa shape index (κ3) is 3.33. The van der Waals surface area contributed by atoms with Gasteiger partial charge in [0, 0.05) is 11.1 Å². The number of nitrogens with zero attached hydrogens (tertiary/aromatic N) is 1. The van der Waals surface area contributed by atoms with E-state index in [4.69, 9.17) is 4.74 Å². The van der Waals surface area contributed by atoms with Crippen LogP contribution in [0.25, 0.3) is 0 Å². The SMILES string of the molecule is COc1ccc(C2C(C(=O)C(C)(C)C)=C(O)C(=O)N2c2ccccc2)cc1. The lowest BCUT2D eigenvalue weighted by atomic mass is 9.82. The quantitative estimate of drug-likeness (QED) is 0.881. The van der Waals surface area contributed by atoms with Crippen LogP contribution in [0.3, 0.4) is 0 Å². The number of aliphatic hydroxyl groups excluding tert-OH is 1. The topological polar surface area (TPSA) is 66.8 Å². The second-order valence-corrected chi connectivity index (χ2v) is 7.53. The maximum absolute atomic E-state index is 13.1. The second kappa shape index (κ2) is 6.91. The van der Waals surface area contributed by atoms with Gasteiger partial charge < -0.3 is 9.84 Å². The van der Waals surface area contributed by atoms with Crippen molar-refractivity contribution >= 4 is 17.4 Å². The van der Waals surface area contributed by atoms with Gasteiger partial charge >= 0.3 is 0 Å². The molecule has 0 spiro atoms. The molecule has 1 atom stereocenters. The van der Waals surface area contributed by atoms with Crippen LogP contribution in [0.2, 0.25) is 0 Å². The maximum Gasteiger partial charge on any atom is 0.294 e. The highest BCUT2D eigenvalue weighted by atomic mass is 16.5. The van der Waals surface area contributed by atoms with Crippen LogP contribution in [0.15, 0.2) is 65.9 Å². The maximum atomic E-state index is 13.1. The highest BCUT2D eigenvalue weighted by Gasteiger charge is 2.46. The summed E-state index contributed by atoms with van der Waals surface area (Å²) in [4.78, 5) is 27.4. The van der Waals surface area contributed by atoms with Crippen LogP contribution in [0, 0.1) is 5.41 Å². The Morgan fingerprint density at radius 1 is 1.04 bits per heavy atom. The first-order valence-corrected chi connectivity index (χ1v) is 8.76. The number of hydrogen-bond donors (Lipinski definition) is 1. The molecular weight excluding hydrogens is 342 g/mol. The number of carbonyl (C=O) groups is 2. The van der Waals surface area contributed by atoms with E-state index in [9.17, 15) is 14.7 Å². The zero-order chi connectivity index (χ0) is 19.8. The van der Waals surface area contributed by atoms with E-state index < -0.39 is 23.1 Å². The number of Topliss-reactive ketones (excluding diaryl/α,β-unsaturated/α-hetero) is 1. The third-order valence-corrected chi connectivity index (χ3v) is 4.60. The Balaban J connectivity index is 2.18. The molecule has 0 aromatic heterocycles. The Bertz CT molecular complexity index is 892. The molecule has 0 saturated heterocycles. The number of hydrogen-bond acceptors (Lipinski definition) is 4. The molecule has 0 radical (unpaired) electrons. The number of amides is 1. The molecule has 1 amide bonds. The number of aliphatic hydroxyl groups is 1. The van der Waals surface area contributed by atoms with Gasteiger partial charge in [0.25, 0.3) is 5.91 Å². The van der Waals surface area contributed by atoms with Crippen molar-refractivity contribution in [2.75, 3.05) is 12.0 Å². The van der Waals surface area contributed by atoms with Crippen molar-refractivity contribution in [2.24, 2.45) is 5.41 Å². The van der Waals surface area contributed by atoms with Gasteiger partial charge in [-0.2, -0.15) is 0 Å². The van der Waals surface area contributed by atoms with Crippen molar-refractivity contribution in [3.8, 4) is 5.75 Å². The molecular formula is C22H23NO4. The molecule has 0 aliphatic carbocycles. The number of ketones is 1. The molecule has 1 unspecified atom stereocenters. The van der Waals surface area contributed by atoms with Crippen LogP contribution in [0.4, 0.5) is 5.69 Å². The number of anilines is 1. The number of ether oxygens (including phenoxy) is 1. The van der Waals surface area contributed by atoms with E-state index in [-0.39, 0.29) is 11.4 Å². The summed E-state index contributed by atoms with van der Waals surface area (Å²) in [5, 5.41) is 10.6. The number of methoxy groups -OCH3 is 1. The van der Waals surface area contributed by atoms with Crippen molar-refractivity contribution in [3.05, 3.63) is 71.5 Å². The predicted molar refractivity (Wildman–Crippen MR) is 104 cm³/mol. The van der Waals surface area contributed by atoms with E-state index in [1.807, 2.05) is 18.2 Å². The van der Waals surface area contributed by atoms with Crippen LogP contribution in [-0.2, 0) is 9.59 Å². The summed E-state index contributed by atoms with van der Waals surface area (Å²) >= 11 is 0. The van der Waals surface area contributed by atoms with E-state index in [0.717, 1.165) is 5.56 Å². The predicted octanol–water partition coefficient (Wildman–Crippen LogP) is 4.21. The van der Waals surface area contributed by atoms with Gasteiger partial charge in [-0.05, 0) is 29.8 Å². The molecule has 5 nitrogen and oxygen atoms in total. The summed E-state index contributed by atoms with van der Waals surface area (Å²) in [6.45, 7) is 5.32. The average Bonchev–Trinajstić information content (AvgIpc) is 2.92. The van der Waals surface area contributed by atoms with E-state index in [1.54, 1.807) is 64.3 Å². The Morgan fingerprint density at radius 2 is 1.63 bits per heavy atom. The fraction of sp³-hybridized carbons (Fsp3) is 0.273. The number of benzene rings is 2. The minimum Gasteiger partial charge on any atom is -0.503 e. The molecule has 1 aliphatic heterocycles. The van der Waals surface area contributed by atoms with Gasteiger partial charge in [-0.15, -0.1) is 0 Å². The monoisotopic (exact) mass is 365 g/mol. The molecule has 0 fully saturated rings. The summed E-state index contributed by atoms with van der Waals surface area (Å²) in [7, 11) is 1.57. The van der Waals surface area contributed by atoms with Crippen molar-refractivity contribution in [2.45, 2.75) is 26.8 Å². The minimum absolute atomic E-state index is 0.126. The van der Waals surface area contributed by atoms with Crippen LogP contribution < -0.4 is 9.64 Å². The Labute approximate surface area is 158 Å². The Morgan fingerprint density at radius 3 is 2.15 bits per heavy atom. The standard InChI is InChI=1S/C22H23NO4/c1-22(2,3)20(25)17-18(14-10-12-16(27-4)13-11-14)23(21(26)19(17)24)15-8-6-5-7-9-15/h5-13,18,24H,1-4H3. The molecule has 1 aliphatic rings. The third-order valence-electron chi connectivity index (χ3n) is 4.60. The van der Waals surface area contributed by atoms with Gasteiger partial charge in [0.05, 0.1) is 18.7 Å². The van der Waals surface area contributed by atoms with Gasteiger partial charge in [0.15, 0.2) is 11.5 Å². The average molecular weight is 365 g/mol. The Hall–Kier alpha value is -3.08. The fourth-order valence-corrected chi connectivity index (χ4v) is 3.20. The summed E-state index contributed by atoms with van der Waals surface area (Å²) in [5.74, 6) is -0.645. The minimum atomic E-state index is -0.735. The molecule has 2 aromatic carbocycles. The first-order chi connectivity index (χ1) is 12.8. The van der Waals surface area contributed by atoms with E-state index in [2.05, 4.69) is 0 Å². The summed E-state index contributed by atoms with van der Waals surface area (Å²) in [6.07, 6.45) is 0. The fourth-order valence-electron chi connectivity index (χ4n) is 3.20.